The zero-order valence-electron chi connectivity index (χ0n) is 12.3. The van der Waals surface area contributed by atoms with Crippen LogP contribution in [0.5, 0.6) is 0 Å². The van der Waals surface area contributed by atoms with E-state index in [0.717, 1.165) is 19.0 Å². The average Bonchev–Trinajstić information content (AvgIpc) is 2.94. The van der Waals surface area contributed by atoms with Crippen molar-refractivity contribution in [2.24, 2.45) is 5.41 Å². The molecule has 0 aliphatic heterocycles. The van der Waals surface area contributed by atoms with Crippen LogP contribution in [0.25, 0.3) is 0 Å². The lowest BCUT2D eigenvalue weighted by Crippen LogP contribution is -2.32. The van der Waals surface area contributed by atoms with Crippen LogP contribution >= 0.6 is 11.3 Å². The van der Waals surface area contributed by atoms with E-state index in [9.17, 15) is 0 Å². The molecule has 102 valence electrons. The van der Waals surface area contributed by atoms with E-state index in [0.29, 0.717) is 5.41 Å². The Labute approximate surface area is 115 Å². The highest BCUT2D eigenvalue weighted by Crippen LogP contribution is 2.29. The first-order valence-corrected chi connectivity index (χ1v) is 7.82. The molecule has 3 heteroatoms. The first-order valence-electron chi connectivity index (χ1n) is 6.95. The van der Waals surface area contributed by atoms with Crippen LogP contribution in [0, 0.1) is 5.41 Å². The fraction of sp³-hybridized carbons (Fsp3) is 0.800. The van der Waals surface area contributed by atoms with Crippen molar-refractivity contribution in [3.8, 4) is 0 Å². The molecule has 0 spiro atoms. The summed E-state index contributed by atoms with van der Waals surface area (Å²) in [6.45, 7) is 12.5. The number of nitrogens with one attached hydrogen (secondary N) is 1. The average molecular weight is 266 g/mol. The minimum atomic E-state index is 0.172. The van der Waals surface area contributed by atoms with Gasteiger partial charge in [0.15, 0.2) is 0 Å². The molecule has 0 radical (unpaired) electrons. The van der Waals surface area contributed by atoms with Crippen molar-refractivity contribution in [2.75, 3.05) is 6.54 Å². The first-order chi connectivity index (χ1) is 8.26. The van der Waals surface area contributed by atoms with E-state index in [1.54, 1.807) is 0 Å². The largest absolute Gasteiger partial charge is 0.313 e. The van der Waals surface area contributed by atoms with Crippen molar-refractivity contribution in [3.05, 3.63) is 16.1 Å². The standard InChI is InChI=1S/C15H26N2S/c1-14(2,3)12-9-18-13(17-12)8-15(4,5)10-16-11-6-7-11/h9,11,16H,6-8,10H2,1-5H3. The van der Waals surface area contributed by atoms with Gasteiger partial charge in [0.05, 0.1) is 10.7 Å². The van der Waals surface area contributed by atoms with Crippen molar-refractivity contribution in [1.29, 1.82) is 0 Å². The summed E-state index contributed by atoms with van der Waals surface area (Å²) < 4.78 is 0. The van der Waals surface area contributed by atoms with Gasteiger partial charge in [-0.2, -0.15) is 0 Å². The minimum absolute atomic E-state index is 0.172. The highest BCUT2D eigenvalue weighted by molar-refractivity contribution is 7.09. The molecule has 1 N–H and O–H groups in total. The molecule has 1 heterocycles. The van der Waals surface area contributed by atoms with E-state index in [4.69, 9.17) is 4.98 Å². The SMILES string of the molecule is CC(C)(CNC1CC1)Cc1nc(C(C)(C)C)cs1. The molecule has 1 aliphatic carbocycles. The van der Waals surface area contributed by atoms with Crippen LogP contribution in [-0.4, -0.2) is 17.6 Å². The van der Waals surface area contributed by atoms with Crippen molar-refractivity contribution < 1.29 is 0 Å². The van der Waals surface area contributed by atoms with E-state index < -0.39 is 0 Å². The Morgan fingerprint density at radius 2 is 1.94 bits per heavy atom. The Morgan fingerprint density at radius 3 is 2.44 bits per heavy atom. The summed E-state index contributed by atoms with van der Waals surface area (Å²) >= 11 is 1.81. The second kappa shape index (κ2) is 4.93. The zero-order valence-corrected chi connectivity index (χ0v) is 13.2. The van der Waals surface area contributed by atoms with Crippen LogP contribution in [0.15, 0.2) is 5.38 Å². The quantitative estimate of drug-likeness (QED) is 0.877. The van der Waals surface area contributed by atoms with Gasteiger partial charge in [-0.15, -0.1) is 11.3 Å². The molecule has 18 heavy (non-hydrogen) atoms. The maximum absolute atomic E-state index is 4.80. The van der Waals surface area contributed by atoms with Gasteiger partial charge in [0.2, 0.25) is 0 Å². The molecule has 0 aromatic carbocycles. The minimum Gasteiger partial charge on any atom is -0.313 e. The molecule has 2 rings (SSSR count). The topological polar surface area (TPSA) is 24.9 Å². The highest BCUT2D eigenvalue weighted by atomic mass is 32.1. The van der Waals surface area contributed by atoms with E-state index in [1.807, 2.05) is 11.3 Å². The molecule has 1 saturated carbocycles. The van der Waals surface area contributed by atoms with Gasteiger partial charge in [0, 0.05) is 29.8 Å². The Hall–Kier alpha value is -0.410. The summed E-state index contributed by atoms with van der Waals surface area (Å²) in [6, 6.07) is 0.797. The zero-order chi connectivity index (χ0) is 13.4. The van der Waals surface area contributed by atoms with E-state index in [2.05, 4.69) is 45.3 Å². The summed E-state index contributed by atoms with van der Waals surface area (Å²) in [4.78, 5) is 4.80. The molecule has 1 fully saturated rings. The molecular weight excluding hydrogens is 240 g/mol. The molecule has 1 aromatic heterocycles. The number of aromatic nitrogens is 1. The van der Waals surface area contributed by atoms with Gasteiger partial charge in [-0.05, 0) is 18.3 Å². The molecule has 0 unspecified atom stereocenters. The number of hydrogen-bond donors (Lipinski definition) is 1. The lowest BCUT2D eigenvalue weighted by molar-refractivity contribution is 0.336. The van der Waals surface area contributed by atoms with Crippen molar-refractivity contribution in [2.45, 2.75) is 65.3 Å². The Morgan fingerprint density at radius 1 is 1.28 bits per heavy atom. The summed E-state index contributed by atoms with van der Waals surface area (Å²) in [6.07, 6.45) is 3.80. The lowest BCUT2D eigenvalue weighted by Gasteiger charge is -2.24. The summed E-state index contributed by atoms with van der Waals surface area (Å²) in [5, 5.41) is 7.13. The third kappa shape index (κ3) is 4.06. The van der Waals surface area contributed by atoms with Crippen LogP contribution < -0.4 is 5.32 Å². The summed E-state index contributed by atoms with van der Waals surface area (Å²) in [5.74, 6) is 0. The molecule has 1 aromatic rings. The second-order valence-corrected chi connectivity index (χ2v) is 8.32. The Balaban J connectivity index is 1.92. The number of thiazole rings is 1. The third-order valence-corrected chi connectivity index (χ3v) is 4.25. The summed E-state index contributed by atoms with van der Waals surface area (Å²) in [7, 11) is 0. The van der Waals surface area contributed by atoms with E-state index in [1.165, 1.54) is 23.5 Å². The van der Waals surface area contributed by atoms with E-state index >= 15 is 0 Å². The maximum atomic E-state index is 4.80. The fourth-order valence-corrected chi connectivity index (χ4v) is 3.20. The number of hydrogen-bond acceptors (Lipinski definition) is 3. The Bertz CT molecular complexity index is 397. The highest BCUT2D eigenvalue weighted by Gasteiger charge is 2.27. The van der Waals surface area contributed by atoms with Crippen molar-refractivity contribution in [1.82, 2.24) is 10.3 Å². The molecule has 1 aliphatic rings. The van der Waals surface area contributed by atoms with Crippen molar-refractivity contribution in [3.63, 3.8) is 0 Å². The predicted molar refractivity (Wildman–Crippen MR) is 79.3 cm³/mol. The van der Waals surface area contributed by atoms with E-state index in [-0.39, 0.29) is 5.41 Å². The van der Waals surface area contributed by atoms with Gasteiger partial charge in [-0.3, -0.25) is 0 Å². The summed E-state index contributed by atoms with van der Waals surface area (Å²) in [5.41, 5.74) is 1.70. The first kappa shape index (κ1) is 14.0. The molecule has 0 amide bonds. The van der Waals surface area contributed by atoms with Gasteiger partial charge >= 0.3 is 0 Å². The van der Waals surface area contributed by atoms with Gasteiger partial charge in [0.25, 0.3) is 0 Å². The van der Waals surface area contributed by atoms with Crippen LogP contribution in [0.4, 0.5) is 0 Å². The number of nitrogens with zero attached hydrogens (tertiary/aromatic N) is 1. The molecule has 0 bridgehead atoms. The van der Waals surface area contributed by atoms with Crippen LogP contribution in [-0.2, 0) is 11.8 Å². The molecule has 0 saturated heterocycles. The van der Waals surface area contributed by atoms with Gasteiger partial charge in [-0.1, -0.05) is 34.6 Å². The maximum Gasteiger partial charge on any atom is 0.0934 e. The van der Waals surface area contributed by atoms with Crippen LogP contribution in [0.3, 0.4) is 0 Å². The van der Waals surface area contributed by atoms with Crippen molar-refractivity contribution >= 4 is 11.3 Å². The molecular formula is C15H26N2S. The van der Waals surface area contributed by atoms with Gasteiger partial charge in [-0.25, -0.2) is 4.98 Å². The van der Waals surface area contributed by atoms with Gasteiger partial charge < -0.3 is 5.32 Å². The fourth-order valence-electron chi connectivity index (χ4n) is 1.92. The van der Waals surface area contributed by atoms with Gasteiger partial charge in [0.1, 0.15) is 0 Å². The molecule has 2 nitrogen and oxygen atoms in total. The third-order valence-electron chi connectivity index (χ3n) is 3.40. The second-order valence-electron chi connectivity index (χ2n) is 7.37. The number of rotatable bonds is 5. The lowest BCUT2D eigenvalue weighted by atomic mass is 9.89. The monoisotopic (exact) mass is 266 g/mol. The predicted octanol–water partition coefficient (Wildman–Crippen LogP) is 3.76. The van der Waals surface area contributed by atoms with Crippen LogP contribution in [0.1, 0.15) is 58.2 Å². The normalized spacial score (nSPS) is 17.2. The van der Waals surface area contributed by atoms with Crippen LogP contribution in [0.2, 0.25) is 0 Å². The Kier molecular flexibility index (Phi) is 3.84. The molecule has 0 atom stereocenters. The smallest absolute Gasteiger partial charge is 0.0934 e.